The molecule has 1 aromatic heterocycles. The van der Waals surface area contributed by atoms with Gasteiger partial charge < -0.3 is 0 Å². The van der Waals surface area contributed by atoms with Gasteiger partial charge >= 0.3 is 28.7 Å². The van der Waals surface area contributed by atoms with Crippen molar-refractivity contribution in [3.8, 4) is 0 Å². The summed E-state index contributed by atoms with van der Waals surface area (Å²) in [5.74, 6) is 0. The fourth-order valence-corrected chi connectivity index (χ4v) is 3.32. The Hall–Kier alpha value is 0.184. The monoisotopic (exact) mass is 356 g/mol. The molecule has 1 heterocycles. The zero-order chi connectivity index (χ0) is 15.2. The van der Waals surface area contributed by atoms with E-state index in [4.69, 9.17) is 0 Å². The quantitative estimate of drug-likeness (QED) is 0.343. The molecule has 0 radical (unpaired) electrons. The summed E-state index contributed by atoms with van der Waals surface area (Å²) in [5.41, 5.74) is 0. The number of hydrogen-bond acceptors (Lipinski definition) is 1. The van der Waals surface area contributed by atoms with E-state index in [9.17, 15) is 0 Å². The Morgan fingerprint density at radius 2 is 1.19 bits per heavy atom. The first-order chi connectivity index (χ1) is 10.5. The van der Waals surface area contributed by atoms with E-state index in [1.165, 1.54) is 93.7 Å². The minimum absolute atomic E-state index is 1.29. The first-order valence-electron chi connectivity index (χ1n) is 8.00. The third-order valence-electron chi connectivity index (χ3n) is 3.80. The summed E-state index contributed by atoms with van der Waals surface area (Å²) >= 11 is 3.13. The van der Waals surface area contributed by atoms with Crippen LogP contribution in [0, 0.1) is 5.38 Å². The van der Waals surface area contributed by atoms with Gasteiger partial charge in [-0.25, -0.2) is 0 Å². The van der Waals surface area contributed by atoms with Crippen molar-refractivity contribution in [1.29, 1.82) is 0 Å². The van der Waals surface area contributed by atoms with Gasteiger partial charge in [0.2, 0.25) is 0 Å². The van der Waals surface area contributed by atoms with Gasteiger partial charge in [0.05, 0.1) is 0 Å². The van der Waals surface area contributed by atoms with Gasteiger partial charge in [0.1, 0.15) is 0 Å². The zero-order valence-corrected chi connectivity index (χ0v) is 15.9. The first-order valence-corrected chi connectivity index (χ1v) is 11.0. The van der Waals surface area contributed by atoms with Crippen molar-refractivity contribution in [2.75, 3.05) is 0 Å². The molecule has 0 spiro atoms. The predicted octanol–water partition coefficient (Wildman–Crippen LogP) is 7.29. The summed E-state index contributed by atoms with van der Waals surface area (Å²) in [6, 6.07) is 10.3. The van der Waals surface area contributed by atoms with Crippen LogP contribution in [0.25, 0.3) is 10.1 Å². The van der Waals surface area contributed by atoms with E-state index in [-0.39, 0.29) is 0 Å². The fourth-order valence-electron chi connectivity index (χ4n) is 2.62. The van der Waals surface area contributed by atoms with Crippen LogP contribution in [0.2, 0.25) is 0 Å². The van der Waals surface area contributed by atoms with Crippen molar-refractivity contribution in [1.82, 2.24) is 0 Å². The molecule has 0 aliphatic heterocycles. The van der Waals surface area contributed by atoms with Crippen molar-refractivity contribution in [3.05, 3.63) is 35.7 Å². The molecule has 0 bridgehead atoms. The summed E-state index contributed by atoms with van der Waals surface area (Å²) in [4.78, 5) is 0. The Bertz CT molecular complexity index is 392. The molecular formula is C18H25ClSTi+2. The predicted molar refractivity (Wildman–Crippen MR) is 92.7 cm³/mol. The summed E-state index contributed by atoms with van der Waals surface area (Å²) in [7, 11) is 4.64. The second-order valence-corrected chi connectivity index (χ2v) is 6.32. The standard InChI is InChI=1S/C8H5S.2C5H10.ClH.Ti/c1-2-4-8-7(3-1)5-6-9-8;2*1-2-4-5-3-1;;/h1-5H;2*1-5H2;1H;/q-1;;;;+4/p-1. The molecule has 0 saturated heterocycles. The minimum atomic E-state index is 1.29. The zero-order valence-electron chi connectivity index (χ0n) is 12.7. The number of thiophene rings is 1. The normalized spacial score (nSPS) is 16.1. The molecule has 0 unspecified atom stereocenters. The van der Waals surface area contributed by atoms with E-state index in [0.717, 1.165) is 0 Å². The van der Waals surface area contributed by atoms with Crippen molar-refractivity contribution in [2.45, 2.75) is 64.2 Å². The Kier molecular flexibility index (Phi) is 12.7. The van der Waals surface area contributed by atoms with Crippen LogP contribution >= 0.6 is 20.6 Å². The molecule has 4 rings (SSSR count). The third kappa shape index (κ3) is 9.03. The van der Waals surface area contributed by atoms with Gasteiger partial charge in [0, 0.05) is 0 Å². The van der Waals surface area contributed by atoms with Gasteiger partial charge in [-0.05, 0) is 0 Å². The smallest absolute Gasteiger partial charge is 0.0751 e. The maximum absolute atomic E-state index is 4.64. The molecule has 2 aromatic rings. The fraction of sp³-hybridized carbons (Fsp3) is 0.556. The van der Waals surface area contributed by atoms with Crippen molar-refractivity contribution in [2.24, 2.45) is 0 Å². The SMILES string of the molecule is C1CCCC1.C1CCCC1.[Cl][Ti+3].[c-]1cc2ccccc2s1. The number of hydrogen-bond donors (Lipinski definition) is 0. The summed E-state index contributed by atoms with van der Waals surface area (Å²) in [6.07, 6.45) is 15.0. The topological polar surface area (TPSA) is 0 Å². The molecular weight excluding hydrogens is 332 g/mol. The first kappa shape index (κ1) is 19.2. The molecule has 21 heavy (non-hydrogen) atoms. The van der Waals surface area contributed by atoms with Gasteiger partial charge in [-0.1, -0.05) is 76.3 Å². The number of rotatable bonds is 0. The van der Waals surface area contributed by atoms with Crippen LogP contribution < -0.4 is 0 Å². The second kappa shape index (κ2) is 13.8. The third-order valence-corrected chi connectivity index (χ3v) is 4.63. The van der Waals surface area contributed by atoms with Crippen LogP contribution in [0.15, 0.2) is 30.3 Å². The van der Waals surface area contributed by atoms with Crippen LogP contribution in [-0.2, 0) is 19.4 Å². The molecule has 0 nitrogen and oxygen atoms in total. The largest absolute Gasteiger partial charge is 0.296 e. The Morgan fingerprint density at radius 1 is 0.762 bits per heavy atom. The van der Waals surface area contributed by atoms with Crippen LogP contribution in [0.3, 0.4) is 0 Å². The van der Waals surface area contributed by atoms with Crippen LogP contribution in [0.5, 0.6) is 0 Å². The van der Waals surface area contributed by atoms with Gasteiger partial charge in [-0.2, -0.15) is 11.5 Å². The van der Waals surface area contributed by atoms with E-state index in [1.807, 2.05) is 18.2 Å². The molecule has 2 aliphatic rings. The molecule has 2 fully saturated rings. The van der Waals surface area contributed by atoms with Gasteiger partial charge in [-0.3, -0.25) is 11.3 Å². The van der Waals surface area contributed by atoms with E-state index >= 15 is 0 Å². The van der Waals surface area contributed by atoms with Gasteiger partial charge in [-0.15, -0.1) is 22.2 Å². The maximum Gasteiger partial charge on any atom is -0.0751 e. The molecule has 0 N–H and O–H groups in total. The van der Waals surface area contributed by atoms with Crippen molar-refractivity contribution < 1.29 is 19.4 Å². The number of halogens is 1. The Morgan fingerprint density at radius 3 is 1.62 bits per heavy atom. The van der Waals surface area contributed by atoms with Gasteiger partial charge in [0.15, 0.2) is 0 Å². The maximum atomic E-state index is 4.64. The molecule has 112 valence electrons. The molecule has 1 aromatic carbocycles. The molecule has 2 saturated carbocycles. The summed E-state index contributed by atoms with van der Waals surface area (Å²) < 4.78 is 1.32. The molecule has 0 amide bonds. The summed E-state index contributed by atoms with van der Waals surface area (Å²) in [6.45, 7) is 0. The van der Waals surface area contributed by atoms with Crippen LogP contribution in [-0.4, -0.2) is 0 Å². The van der Waals surface area contributed by atoms with Crippen molar-refractivity contribution >= 4 is 30.7 Å². The Labute approximate surface area is 149 Å². The van der Waals surface area contributed by atoms with E-state index in [0.29, 0.717) is 0 Å². The minimum Gasteiger partial charge on any atom is -0.296 e. The van der Waals surface area contributed by atoms with E-state index in [1.54, 1.807) is 11.3 Å². The van der Waals surface area contributed by atoms with Gasteiger partial charge in [0.25, 0.3) is 0 Å². The molecule has 2 aliphatic carbocycles. The number of fused-ring (bicyclic) bond motifs is 1. The average Bonchev–Trinajstić information content (AvgIpc) is 3.35. The van der Waals surface area contributed by atoms with E-state index in [2.05, 4.69) is 26.8 Å². The average molecular weight is 357 g/mol. The van der Waals surface area contributed by atoms with E-state index < -0.39 is 0 Å². The molecule has 3 heteroatoms. The van der Waals surface area contributed by atoms with Crippen LogP contribution in [0.1, 0.15) is 64.2 Å². The molecule has 0 atom stereocenters. The number of benzene rings is 1. The second-order valence-electron chi connectivity index (χ2n) is 5.44. The Balaban J connectivity index is 0.000000159. The summed E-state index contributed by atoms with van der Waals surface area (Å²) in [5, 5.41) is 4.37. The van der Waals surface area contributed by atoms with Crippen molar-refractivity contribution in [3.63, 3.8) is 0 Å². The van der Waals surface area contributed by atoms with Crippen LogP contribution in [0.4, 0.5) is 0 Å².